The summed E-state index contributed by atoms with van der Waals surface area (Å²) >= 11 is 0. The van der Waals surface area contributed by atoms with Crippen molar-refractivity contribution in [2.24, 2.45) is 0 Å². The number of hydrogen-bond donors (Lipinski definition) is 1. The van der Waals surface area contributed by atoms with Gasteiger partial charge in [0.15, 0.2) is 0 Å². The molecule has 182 valence electrons. The highest BCUT2D eigenvalue weighted by Gasteiger charge is 2.48. The largest absolute Gasteiger partial charge is 0.453 e. The third-order valence-electron chi connectivity index (χ3n) is 4.48. The lowest BCUT2D eigenvalue weighted by Crippen LogP contribution is -2.62. The molecule has 0 spiro atoms. The van der Waals surface area contributed by atoms with Crippen LogP contribution in [0.15, 0.2) is 0 Å². The van der Waals surface area contributed by atoms with Crippen LogP contribution in [0.5, 0.6) is 0 Å². The van der Waals surface area contributed by atoms with Gasteiger partial charge in [-0.3, -0.25) is 4.84 Å². The maximum Gasteiger partial charge on any atom is 0.385 e. The number of esters is 1. The van der Waals surface area contributed by atoms with Crippen molar-refractivity contribution in [2.45, 2.75) is 84.1 Å². The molecular formula is C31H29NO4. The summed E-state index contributed by atoms with van der Waals surface area (Å²) in [6.07, 6.45) is 0.784. The van der Waals surface area contributed by atoms with Crippen LogP contribution >= 0.6 is 0 Å². The number of piperidine rings is 1. The molecule has 0 aliphatic carbocycles. The fourth-order valence-electron chi connectivity index (χ4n) is 3.53. The molecule has 0 bridgehead atoms. The van der Waals surface area contributed by atoms with Gasteiger partial charge in [0.2, 0.25) is 0 Å². The molecule has 1 rings (SSSR count). The standard InChI is InChI=1S/C31H29NO4/c1-8-9-10-11-12-13-14-15-16-17-18-19-20-21-22-23-28(33)36-27-24-29(2,3)32(30(4,5)25-27)35-26-31(6,7)34/h27,34H,24-26H2,1-7H3. The van der Waals surface area contributed by atoms with E-state index in [2.05, 4.69) is 94.7 Å². The van der Waals surface area contributed by atoms with Gasteiger partial charge in [-0.25, -0.2) is 4.79 Å². The van der Waals surface area contributed by atoms with Gasteiger partial charge in [0.1, 0.15) is 6.10 Å². The van der Waals surface area contributed by atoms with Crippen molar-refractivity contribution in [3.05, 3.63) is 0 Å². The van der Waals surface area contributed by atoms with Gasteiger partial charge in [0.25, 0.3) is 0 Å². The summed E-state index contributed by atoms with van der Waals surface area (Å²) in [6.45, 7) is 13.3. The number of ether oxygens (including phenoxy) is 1. The summed E-state index contributed by atoms with van der Waals surface area (Å²) in [5.41, 5.74) is -1.79. The van der Waals surface area contributed by atoms with E-state index in [1.165, 1.54) is 0 Å². The van der Waals surface area contributed by atoms with Crippen LogP contribution in [-0.4, -0.2) is 45.5 Å². The molecule has 0 amide bonds. The van der Waals surface area contributed by atoms with Crippen LogP contribution in [0.4, 0.5) is 0 Å². The van der Waals surface area contributed by atoms with Crippen molar-refractivity contribution in [3.63, 3.8) is 0 Å². The van der Waals surface area contributed by atoms with Crippen molar-refractivity contribution in [1.82, 2.24) is 5.06 Å². The molecular weight excluding hydrogens is 450 g/mol. The van der Waals surface area contributed by atoms with Gasteiger partial charge in [0.05, 0.1) is 12.2 Å². The van der Waals surface area contributed by atoms with Crippen LogP contribution < -0.4 is 0 Å². The molecule has 0 aromatic heterocycles. The van der Waals surface area contributed by atoms with E-state index in [4.69, 9.17) is 9.57 Å². The Hall–Kier alpha value is -4.17. The van der Waals surface area contributed by atoms with Crippen molar-refractivity contribution in [1.29, 1.82) is 0 Å². The van der Waals surface area contributed by atoms with Gasteiger partial charge in [-0.1, -0.05) is 5.92 Å². The van der Waals surface area contributed by atoms with Crippen molar-refractivity contribution < 1.29 is 19.5 Å². The zero-order valence-corrected chi connectivity index (χ0v) is 21.8. The Labute approximate surface area is 216 Å². The number of nitrogens with zero attached hydrogens (tertiary/aromatic N) is 1. The highest BCUT2D eigenvalue weighted by molar-refractivity contribution is 5.89. The quantitative estimate of drug-likeness (QED) is 0.381. The lowest BCUT2D eigenvalue weighted by molar-refractivity contribution is -0.306. The summed E-state index contributed by atoms with van der Waals surface area (Å²) in [7, 11) is 0. The van der Waals surface area contributed by atoms with E-state index >= 15 is 0 Å². The number of rotatable bonds is 4. The summed E-state index contributed by atoms with van der Waals surface area (Å²) in [6, 6.07) is 0. The normalized spacial score (nSPS) is 14.9. The Bertz CT molecular complexity index is 1310. The second-order valence-corrected chi connectivity index (χ2v) is 9.57. The third kappa shape index (κ3) is 12.3. The second kappa shape index (κ2) is 14.3. The van der Waals surface area contributed by atoms with E-state index < -0.39 is 22.6 Å². The van der Waals surface area contributed by atoms with Gasteiger partial charge in [0, 0.05) is 29.8 Å². The first-order valence-electron chi connectivity index (χ1n) is 11.2. The first-order valence-corrected chi connectivity index (χ1v) is 11.2. The second-order valence-electron chi connectivity index (χ2n) is 9.57. The van der Waals surface area contributed by atoms with Crippen LogP contribution in [0.1, 0.15) is 61.3 Å². The van der Waals surface area contributed by atoms with E-state index in [-0.39, 0.29) is 12.7 Å². The topological polar surface area (TPSA) is 59.0 Å². The Morgan fingerprint density at radius 3 is 1.58 bits per heavy atom. The zero-order valence-electron chi connectivity index (χ0n) is 21.8. The number of aliphatic hydroxyl groups is 1. The SMILES string of the molecule is CC#CC#CC#CC#CC#CC#CC#CC#CC(=O)OC1CC(C)(C)N(OCC(C)(C)O)C(C)(C)C1. The van der Waals surface area contributed by atoms with Crippen LogP contribution in [0.25, 0.3) is 0 Å². The molecule has 1 N–H and O–H groups in total. The Balaban J connectivity index is 2.63. The minimum absolute atomic E-state index is 0.163. The van der Waals surface area contributed by atoms with Gasteiger partial charge in [-0.2, -0.15) is 5.06 Å². The number of carbonyl (C=O) groups excluding carboxylic acids is 1. The predicted octanol–water partition coefficient (Wildman–Crippen LogP) is 2.30. The molecule has 0 radical (unpaired) electrons. The lowest BCUT2D eigenvalue weighted by atomic mass is 9.80. The van der Waals surface area contributed by atoms with Crippen molar-refractivity contribution >= 4 is 5.97 Å². The summed E-state index contributed by atoms with van der Waals surface area (Å²) in [5, 5.41) is 11.9. The maximum absolute atomic E-state index is 12.2. The third-order valence-corrected chi connectivity index (χ3v) is 4.48. The van der Waals surface area contributed by atoms with E-state index in [0.29, 0.717) is 12.8 Å². The molecule has 1 saturated heterocycles. The van der Waals surface area contributed by atoms with Crippen LogP contribution in [0.2, 0.25) is 0 Å². The average molecular weight is 480 g/mol. The molecule has 0 unspecified atom stereocenters. The van der Waals surface area contributed by atoms with E-state index in [1.807, 2.05) is 32.8 Å². The molecule has 0 atom stereocenters. The Morgan fingerprint density at radius 2 is 1.19 bits per heavy atom. The van der Waals surface area contributed by atoms with Gasteiger partial charge in [-0.15, -0.1) is 0 Å². The van der Waals surface area contributed by atoms with E-state index in [1.54, 1.807) is 20.8 Å². The van der Waals surface area contributed by atoms with Crippen LogP contribution in [0.3, 0.4) is 0 Å². The zero-order chi connectivity index (χ0) is 27.1. The van der Waals surface area contributed by atoms with Crippen LogP contribution in [0, 0.1) is 94.7 Å². The molecule has 1 heterocycles. The first-order chi connectivity index (χ1) is 16.9. The molecule has 0 saturated carbocycles. The first kappa shape index (κ1) is 29.9. The molecule has 5 nitrogen and oxygen atoms in total. The number of hydrogen-bond acceptors (Lipinski definition) is 5. The fraction of sp³-hybridized carbons (Fsp3) is 0.452. The highest BCUT2D eigenvalue weighted by atomic mass is 16.7. The monoisotopic (exact) mass is 479 g/mol. The summed E-state index contributed by atoms with van der Waals surface area (Å²) in [5.74, 6) is 39.4. The van der Waals surface area contributed by atoms with Crippen molar-refractivity contribution in [2.75, 3.05) is 6.61 Å². The van der Waals surface area contributed by atoms with Gasteiger partial charge in [-0.05, 0) is 131 Å². The Morgan fingerprint density at radius 1 is 0.806 bits per heavy atom. The number of hydroxylamine groups is 2. The predicted molar refractivity (Wildman–Crippen MR) is 139 cm³/mol. The van der Waals surface area contributed by atoms with Gasteiger partial charge >= 0.3 is 5.97 Å². The minimum Gasteiger partial charge on any atom is -0.453 e. The van der Waals surface area contributed by atoms with Gasteiger partial charge < -0.3 is 9.84 Å². The number of carbonyl (C=O) groups is 1. The van der Waals surface area contributed by atoms with E-state index in [0.717, 1.165) is 0 Å². The summed E-state index contributed by atoms with van der Waals surface area (Å²) < 4.78 is 5.56. The molecule has 1 fully saturated rings. The van der Waals surface area contributed by atoms with Crippen LogP contribution in [-0.2, 0) is 14.4 Å². The molecule has 1 aliphatic heterocycles. The van der Waals surface area contributed by atoms with E-state index in [9.17, 15) is 9.90 Å². The van der Waals surface area contributed by atoms with Crippen molar-refractivity contribution in [3.8, 4) is 94.7 Å². The lowest BCUT2D eigenvalue weighted by Gasteiger charge is -2.53. The summed E-state index contributed by atoms with van der Waals surface area (Å²) in [4.78, 5) is 18.1. The Kier molecular flexibility index (Phi) is 11.8. The molecule has 0 aromatic carbocycles. The minimum atomic E-state index is -0.952. The molecule has 1 aliphatic rings. The molecule has 36 heavy (non-hydrogen) atoms. The molecule has 0 aromatic rings. The fourth-order valence-corrected chi connectivity index (χ4v) is 3.53. The highest BCUT2D eigenvalue weighted by Crippen LogP contribution is 2.40. The average Bonchev–Trinajstić information content (AvgIpc) is 2.73. The molecule has 5 heteroatoms. The smallest absolute Gasteiger partial charge is 0.385 e. The maximum atomic E-state index is 12.2.